The number of carbonyl (C=O) groups is 2. The van der Waals surface area contributed by atoms with Crippen LogP contribution in [0.2, 0.25) is 10.0 Å². The summed E-state index contributed by atoms with van der Waals surface area (Å²) in [6.45, 7) is 6.15. The molecule has 0 aromatic heterocycles. The average molecular weight is 437 g/mol. The summed E-state index contributed by atoms with van der Waals surface area (Å²) in [4.78, 5) is 27.1. The van der Waals surface area contributed by atoms with Gasteiger partial charge in [-0.2, -0.15) is 0 Å². The molecular weight excluding hydrogens is 411 g/mol. The number of hydrogen-bond acceptors (Lipinski definition) is 3. The summed E-state index contributed by atoms with van der Waals surface area (Å²) in [5.41, 5.74) is 1.75. The number of hydrogen-bond donors (Lipinski definition) is 1. The Morgan fingerprint density at radius 3 is 2.52 bits per heavy atom. The first-order chi connectivity index (χ1) is 13.8. The second-order valence-corrected chi connectivity index (χ2v) is 7.52. The fourth-order valence-electron chi connectivity index (χ4n) is 2.98. The topological polar surface area (TPSA) is 58.6 Å². The molecule has 0 saturated carbocycles. The molecule has 0 bridgehead atoms. The van der Waals surface area contributed by atoms with Gasteiger partial charge in [0.15, 0.2) is 6.61 Å². The maximum Gasteiger partial charge on any atom is 0.261 e. The number of nitrogens with zero attached hydrogens (tertiary/aromatic N) is 1. The number of halogens is 2. The largest absolute Gasteiger partial charge is 0.484 e. The van der Waals surface area contributed by atoms with E-state index in [1.807, 2.05) is 39.0 Å². The van der Waals surface area contributed by atoms with E-state index in [1.54, 1.807) is 24.3 Å². The minimum Gasteiger partial charge on any atom is -0.484 e. The highest BCUT2D eigenvalue weighted by Gasteiger charge is 2.29. The molecule has 0 fully saturated rings. The third-order valence-electron chi connectivity index (χ3n) is 4.44. The number of likely N-dealkylation sites (N-methyl/N-ethyl adjacent to an activating group) is 1. The van der Waals surface area contributed by atoms with Gasteiger partial charge in [0.25, 0.3) is 5.91 Å². The Bertz CT molecular complexity index is 858. The lowest BCUT2D eigenvalue weighted by molar-refractivity contribution is -0.142. The predicted octanol–water partition coefficient (Wildman–Crippen LogP) is 4.62. The number of rotatable bonds is 9. The zero-order chi connectivity index (χ0) is 21.4. The first kappa shape index (κ1) is 23.0. The van der Waals surface area contributed by atoms with Crippen molar-refractivity contribution in [2.45, 2.75) is 39.8 Å². The normalized spacial score (nSPS) is 11.6. The van der Waals surface area contributed by atoms with Gasteiger partial charge in [0.1, 0.15) is 11.8 Å². The van der Waals surface area contributed by atoms with E-state index in [2.05, 4.69) is 5.32 Å². The molecule has 7 heteroatoms. The van der Waals surface area contributed by atoms with Crippen LogP contribution in [0.15, 0.2) is 42.5 Å². The van der Waals surface area contributed by atoms with Crippen molar-refractivity contribution in [2.75, 3.05) is 13.2 Å². The molecule has 0 spiro atoms. The second-order valence-electron chi connectivity index (χ2n) is 6.68. The standard InChI is InChI=1S/C22H26Cl2N2O3/c1-4-20(22(28)25-5-2)26(13-16-9-10-17(23)12-19(16)24)21(27)14-29-18-8-6-7-15(3)11-18/h6-12,20H,4-5,13-14H2,1-3H3,(H,25,28)/t20-/m0/s1. The van der Waals surface area contributed by atoms with Crippen LogP contribution in [0.3, 0.4) is 0 Å². The van der Waals surface area contributed by atoms with Gasteiger partial charge in [-0.1, -0.05) is 48.3 Å². The van der Waals surface area contributed by atoms with Crippen molar-refractivity contribution in [3.63, 3.8) is 0 Å². The van der Waals surface area contributed by atoms with Gasteiger partial charge in [0, 0.05) is 23.1 Å². The van der Waals surface area contributed by atoms with Gasteiger partial charge in [0.05, 0.1) is 0 Å². The Kier molecular flexibility index (Phi) is 8.80. The van der Waals surface area contributed by atoms with Crippen molar-refractivity contribution in [1.29, 1.82) is 0 Å². The lowest BCUT2D eigenvalue weighted by atomic mass is 10.1. The smallest absolute Gasteiger partial charge is 0.261 e. The molecule has 2 aromatic carbocycles. The molecule has 0 radical (unpaired) electrons. The number of carbonyl (C=O) groups excluding carboxylic acids is 2. The fraction of sp³-hybridized carbons (Fsp3) is 0.364. The molecule has 156 valence electrons. The van der Waals surface area contributed by atoms with E-state index in [4.69, 9.17) is 27.9 Å². The van der Waals surface area contributed by atoms with Gasteiger partial charge in [0.2, 0.25) is 5.91 Å². The van der Waals surface area contributed by atoms with Crippen LogP contribution >= 0.6 is 23.2 Å². The Hall–Kier alpha value is -2.24. The van der Waals surface area contributed by atoms with Crippen LogP contribution in [0.4, 0.5) is 0 Å². The zero-order valence-electron chi connectivity index (χ0n) is 16.9. The SMILES string of the molecule is CCNC(=O)[C@H](CC)N(Cc1ccc(Cl)cc1Cl)C(=O)COc1cccc(C)c1. The fourth-order valence-corrected chi connectivity index (χ4v) is 3.45. The van der Waals surface area contributed by atoms with E-state index in [9.17, 15) is 9.59 Å². The highest BCUT2D eigenvalue weighted by molar-refractivity contribution is 6.35. The summed E-state index contributed by atoms with van der Waals surface area (Å²) in [5, 5.41) is 3.75. The summed E-state index contributed by atoms with van der Waals surface area (Å²) in [7, 11) is 0. The molecule has 0 heterocycles. The van der Waals surface area contributed by atoms with Gasteiger partial charge in [-0.3, -0.25) is 9.59 Å². The summed E-state index contributed by atoms with van der Waals surface area (Å²) < 4.78 is 5.67. The molecule has 2 rings (SSSR count). The van der Waals surface area contributed by atoms with E-state index in [0.717, 1.165) is 5.56 Å². The van der Waals surface area contributed by atoms with Gasteiger partial charge in [-0.15, -0.1) is 0 Å². The van der Waals surface area contributed by atoms with Gasteiger partial charge in [-0.05, 0) is 55.7 Å². The van der Waals surface area contributed by atoms with Gasteiger partial charge < -0.3 is 15.0 Å². The Labute approximate surface area is 181 Å². The van der Waals surface area contributed by atoms with E-state index < -0.39 is 6.04 Å². The molecule has 1 N–H and O–H groups in total. The molecule has 0 unspecified atom stereocenters. The molecule has 0 saturated heterocycles. The van der Waals surface area contributed by atoms with Crippen LogP contribution < -0.4 is 10.1 Å². The molecule has 2 amide bonds. The van der Waals surface area contributed by atoms with Crippen LogP contribution in [0.1, 0.15) is 31.4 Å². The summed E-state index contributed by atoms with van der Waals surface area (Å²) >= 11 is 12.3. The molecule has 0 aliphatic heterocycles. The number of amides is 2. The minimum absolute atomic E-state index is 0.176. The number of aryl methyl sites for hydroxylation is 1. The molecule has 0 aliphatic rings. The molecule has 5 nitrogen and oxygen atoms in total. The van der Waals surface area contributed by atoms with Crippen molar-refractivity contribution in [2.24, 2.45) is 0 Å². The van der Waals surface area contributed by atoms with E-state index >= 15 is 0 Å². The summed E-state index contributed by atoms with van der Waals surface area (Å²) in [5.74, 6) is 0.105. The monoisotopic (exact) mass is 436 g/mol. The molecular formula is C22H26Cl2N2O3. The van der Waals surface area contributed by atoms with E-state index in [0.29, 0.717) is 34.3 Å². The van der Waals surface area contributed by atoms with Crippen LogP contribution in [-0.4, -0.2) is 35.9 Å². The number of nitrogens with one attached hydrogen (secondary N) is 1. The Morgan fingerprint density at radius 2 is 1.90 bits per heavy atom. The van der Waals surface area contributed by atoms with Crippen molar-refractivity contribution >= 4 is 35.0 Å². The lowest BCUT2D eigenvalue weighted by Gasteiger charge is -2.30. The van der Waals surface area contributed by atoms with Gasteiger partial charge in [-0.25, -0.2) is 0 Å². The maximum atomic E-state index is 13.0. The Balaban J connectivity index is 2.24. The lowest BCUT2D eigenvalue weighted by Crippen LogP contribution is -2.50. The van der Waals surface area contributed by atoms with Crippen molar-refractivity contribution in [1.82, 2.24) is 10.2 Å². The number of ether oxygens (including phenoxy) is 1. The minimum atomic E-state index is -0.629. The first-order valence-corrected chi connectivity index (χ1v) is 10.3. The predicted molar refractivity (Wildman–Crippen MR) is 116 cm³/mol. The van der Waals surface area contributed by atoms with Crippen LogP contribution in [0.5, 0.6) is 5.75 Å². The van der Waals surface area contributed by atoms with Crippen LogP contribution in [0.25, 0.3) is 0 Å². The molecule has 2 aromatic rings. The van der Waals surface area contributed by atoms with Crippen LogP contribution in [-0.2, 0) is 16.1 Å². The third kappa shape index (κ3) is 6.65. The molecule has 0 aliphatic carbocycles. The highest BCUT2D eigenvalue weighted by atomic mass is 35.5. The zero-order valence-corrected chi connectivity index (χ0v) is 18.4. The van der Waals surface area contributed by atoms with Crippen LogP contribution in [0, 0.1) is 6.92 Å². The maximum absolute atomic E-state index is 13.0. The Morgan fingerprint density at radius 1 is 1.14 bits per heavy atom. The van der Waals surface area contributed by atoms with Crippen molar-refractivity contribution < 1.29 is 14.3 Å². The first-order valence-electron chi connectivity index (χ1n) is 9.56. The molecule has 1 atom stereocenters. The highest BCUT2D eigenvalue weighted by Crippen LogP contribution is 2.24. The summed E-state index contributed by atoms with van der Waals surface area (Å²) in [6, 6.07) is 11.9. The van der Waals surface area contributed by atoms with E-state index in [-0.39, 0.29) is 25.0 Å². The quantitative estimate of drug-likeness (QED) is 0.623. The third-order valence-corrected chi connectivity index (χ3v) is 5.03. The molecule has 29 heavy (non-hydrogen) atoms. The van der Waals surface area contributed by atoms with E-state index in [1.165, 1.54) is 4.90 Å². The van der Waals surface area contributed by atoms with Gasteiger partial charge >= 0.3 is 0 Å². The average Bonchev–Trinajstić information content (AvgIpc) is 2.68. The summed E-state index contributed by atoms with van der Waals surface area (Å²) in [6.07, 6.45) is 0.466. The number of benzene rings is 2. The van der Waals surface area contributed by atoms with Crippen molar-refractivity contribution in [3.8, 4) is 5.75 Å². The van der Waals surface area contributed by atoms with Crippen molar-refractivity contribution in [3.05, 3.63) is 63.6 Å². The second kappa shape index (κ2) is 11.1.